The average Bonchev–Trinajstić information content (AvgIpc) is 2.73. The minimum atomic E-state index is -0.396. The van der Waals surface area contributed by atoms with Crippen molar-refractivity contribution in [1.29, 1.82) is 0 Å². The second-order valence-electron chi connectivity index (χ2n) is 4.74. The zero-order valence-electron chi connectivity index (χ0n) is 9.86. The smallest absolute Gasteiger partial charge is 0.177 e. The predicted molar refractivity (Wildman–Crippen MR) is 64.5 cm³/mol. The number of H-pyrrole nitrogens is 1. The molecule has 0 saturated carbocycles. The van der Waals surface area contributed by atoms with Crippen LogP contribution >= 0.6 is 0 Å². The van der Waals surface area contributed by atoms with Gasteiger partial charge in [-0.25, -0.2) is 9.97 Å². The van der Waals surface area contributed by atoms with E-state index in [4.69, 9.17) is 10.5 Å². The summed E-state index contributed by atoms with van der Waals surface area (Å²) in [5.41, 5.74) is 8.79. The Balaban J connectivity index is 2.05. The third-order valence-electron chi connectivity index (χ3n) is 3.33. The summed E-state index contributed by atoms with van der Waals surface area (Å²) in [6.07, 6.45) is 3.41. The summed E-state index contributed by atoms with van der Waals surface area (Å²) < 4.78 is 5.34. The molecule has 1 fully saturated rings. The summed E-state index contributed by atoms with van der Waals surface area (Å²) in [5, 5.41) is 0. The molecule has 3 N–H and O–H groups in total. The number of ether oxygens (including phenoxy) is 1. The van der Waals surface area contributed by atoms with Crippen LogP contribution in [0.25, 0.3) is 11.2 Å². The maximum atomic E-state index is 6.38. The number of hydrogen-bond donors (Lipinski definition) is 2. The summed E-state index contributed by atoms with van der Waals surface area (Å²) in [7, 11) is 0. The lowest BCUT2D eigenvalue weighted by molar-refractivity contribution is 0.0496. The zero-order valence-corrected chi connectivity index (χ0v) is 9.86. The summed E-state index contributed by atoms with van der Waals surface area (Å²) >= 11 is 0. The van der Waals surface area contributed by atoms with Gasteiger partial charge in [-0.05, 0) is 31.4 Å². The van der Waals surface area contributed by atoms with Crippen LogP contribution in [0.15, 0.2) is 12.3 Å². The van der Waals surface area contributed by atoms with Gasteiger partial charge in [0.2, 0.25) is 0 Å². The van der Waals surface area contributed by atoms with Crippen LogP contribution in [0, 0.1) is 6.92 Å². The van der Waals surface area contributed by atoms with Crippen LogP contribution in [0.5, 0.6) is 0 Å². The van der Waals surface area contributed by atoms with E-state index in [2.05, 4.69) is 15.0 Å². The first-order chi connectivity index (χ1) is 8.17. The van der Waals surface area contributed by atoms with E-state index in [1.54, 1.807) is 0 Å². The molecule has 0 aliphatic carbocycles. The Morgan fingerprint density at radius 3 is 2.94 bits per heavy atom. The lowest BCUT2D eigenvalue weighted by Gasteiger charge is -2.31. The molecule has 1 aliphatic heterocycles. The standard InChI is InChI=1S/C12H16N4O/c1-8-6-9-10(14-7-8)16-11(15-9)12(13)2-4-17-5-3-12/h6-7H,2-5,13H2,1H3,(H,14,15,16). The molecule has 90 valence electrons. The Hall–Kier alpha value is -1.46. The molecule has 0 unspecified atom stereocenters. The number of nitrogens with two attached hydrogens (primary N) is 1. The van der Waals surface area contributed by atoms with Gasteiger partial charge in [0, 0.05) is 19.4 Å². The van der Waals surface area contributed by atoms with Gasteiger partial charge in [-0.3, -0.25) is 0 Å². The number of nitrogens with one attached hydrogen (secondary N) is 1. The van der Waals surface area contributed by atoms with Crippen LogP contribution < -0.4 is 5.73 Å². The third-order valence-corrected chi connectivity index (χ3v) is 3.33. The van der Waals surface area contributed by atoms with Gasteiger partial charge in [-0.2, -0.15) is 0 Å². The van der Waals surface area contributed by atoms with Crippen molar-refractivity contribution in [1.82, 2.24) is 15.0 Å². The molecular formula is C12H16N4O. The Kier molecular flexibility index (Phi) is 2.38. The number of fused-ring (bicyclic) bond motifs is 1. The molecule has 1 aliphatic rings. The highest BCUT2D eigenvalue weighted by Crippen LogP contribution is 2.28. The van der Waals surface area contributed by atoms with Gasteiger partial charge in [0.05, 0.1) is 11.1 Å². The van der Waals surface area contributed by atoms with Gasteiger partial charge in [0.1, 0.15) is 5.82 Å². The number of aryl methyl sites for hydroxylation is 1. The molecule has 2 aromatic heterocycles. The highest BCUT2D eigenvalue weighted by atomic mass is 16.5. The van der Waals surface area contributed by atoms with Gasteiger partial charge in [0.15, 0.2) is 5.65 Å². The Labute approximate surface area is 99.4 Å². The fourth-order valence-corrected chi connectivity index (χ4v) is 2.21. The first-order valence-corrected chi connectivity index (χ1v) is 5.87. The van der Waals surface area contributed by atoms with Crippen LogP contribution in [0.2, 0.25) is 0 Å². The van der Waals surface area contributed by atoms with Gasteiger partial charge >= 0.3 is 0 Å². The normalized spacial score (nSPS) is 19.6. The summed E-state index contributed by atoms with van der Waals surface area (Å²) in [6, 6.07) is 2.04. The van der Waals surface area contributed by atoms with Crippen molar-refractivity contribution in [2.45, 2.75) is 25.3 Å². The minimum absolute atomic E-state index is 0.396. The molecule has 0 radical (unpaired) electrons. The van der Waals surface area contributed by atoms with Crippen molar-refractivity contribution in [2.24, 2.45) is 5.73 Å². The van der Waals surface area contributed by atoms with Crippen LogP contribution in [-0.4, -0.2) is 28.2 Å². The van der Waals surface area contributed by atoms with E-state index in [1.807, 2.05) is 19.2 Å². The van der Waals surface area contributed by atoms with Crippen LogP contribution in [0.1, 0.15) is 24.2 Å². The maximum absolute atomic E-state index is 6.38. The molecule has 3 heterocycles. The second-order valence-corrected chi connectivity index (χ2v) is 4.74. The molecule has 1 saturated heterocycles. The number of nitrogens with zero attached hydrogens (tertiary/aromatic N) is 2. The van der Waals surface area contributed by atoms with Crippen molar-refractivity contribution in [3.05, 3.63) is 23.7 Å². The second kappa shape index (κ2) is 3.78. The number of aromatic amines is 1. The van der Waals surface area contributed by atoms with Gasteiger partial charge in [-0.15, -0.1) is 0 Å². The van der Waals surface area contributed by atoms with E-state index in [-0.39, 0.29) is 0 Å². The van der Waals surface area contributed by atoms with Crippen molar-refractivity contribution in [3.63, 3.8) is 0 Å². The lowest BCUT2D eigenvalue weighted by Crippen LogP contribution is -2.43. The molecule has 0 amide bonds. The number of hydrogen-bond acceptors (Lipinski definition) is 4. The van der Waals surface area contributed by atoms with Crippen molar-refractivity contribution in [3.8, 4) is 0 Å². The molecule has 3 rings (SSSR count). The minimum Gasteiger partial charge on any atom is -0.381 e. The quantitative estimate of drug-likeness (QED) is 0.775. The molecule has 5 nitrogen and oxygen atoms in total. The fourth-order valence-electron chi connectivity index (χ4n) is 2.21. The van der Waals surface area contributed by atoms with E-state index in [0.717, 1.165) is 35.4 Å². The van der Waals surface area contributed by atoms with Crippen molar-refractivity contribution >= 4 is 11.2 Å². The SMILES string of the molecule is Cc1cnc2nc(C3(N)CCOCC3)[nH]c2c1. The number of aromatic nitrogens is 3. The van der Waals surface area contributed by atoms with Crippen LogP contribution in [0.3, 0.4) is 0 Å². The molecule has 2 aromatic rings. The monoisotopic (exact) mass is 232 g/mol. The molecule has 0 spiro atoms. The van der Waals surface area contributed by atoms with E-state index in [9.17, 15) is 0 Å². The first kappa shape index (κ1) is 10.7. The Morgan fingerprint density at radius 2 is 2.18 bits per heavy atom. The number of imidazole rings is 1. The molecule has 0 bridgehead atoms. The first-order valence-electron chi connectivity index (χ1n) is 5.87. The van der Waals surface area contributed by atoms with Gasteiger partial charge in [0.25, 0.3) is 0 Å². The van der Waals surface area contributed by atoms with Gasteiger partial charge in [-0.1, -0.05) is 0 Å². The number of pyridine rings is 1. The van der Waals surface area contributed by atoms with E-state index >= 15 is 0 Å². The third kappa shape index (κ3) is 1.81. The topological polar surface area (TPSA) is 76.8 Å². The Bertz CT molecular complexity index is 542. The fraction of sp³-hybridized carbons (Fsp3) is 0.500. The maximum Gasteiger partial charge on any atom is 0.177 e. The van der Waals surface area contributed by atoms with E-state index < -0.39 is 5.54 Å². The molecular weight excluding hydrogens is 216 g/mol. The lowest BCUT2D eigenvalue weighted by atomic mass is 9.91. The predicted octanol–water partition coefficient (Wildman–Crippen LogP) is 1.23. The summed E-state index contributed by atoms with van der Waals surface area (Å²) in [6.45, 7) is 3.40. The Morgan fingerprint density at radius 1 is 1.41 bits per heavy atom. The zero-order chi connectivity index (χ0) is 11.9. The average molecular weight is 232 g/mol. The van der Waals surface area contributed by atoms with Crippen LogP contribution in [0.4, 0.5) is 0 Å². The summed E-state index contributed by atoms with van der Waals surface area (Å²) in [5.74, 6) is 0.828. The highest BCUT2D eigenvalue weighted by Gasteiger charge is 2.33. The number of rotatable bonds is 1. The van der Waals surface area contributed by atoms with Crippen molar-refractivity contribution in [2.75, 3.05) is 13.2 Å². The molecule has 0 aromatic carbocycles. The highest BCUT2D eigenvalue weighted by molar-refractivity contribution is 5.71. The van der Waals surface area contributed by atoms with E-state index in [1.165, 1.54) is 0 Å². The molecule has 17 heavy (non-hydrogen) atoms. The van der Waals surface area contributed by atoms with Crippen LogP contribution in [-0.2, 0) is 10.3 Å². The van der Waals surface area contributed by atoms with Gasteiger partial charge < -0.3 is 15.5 Å². The molecule has 5 heteroatoms. The largest absolute Gasteiger partial charge is 0.381 e. The van der Waals surface area contributed by atoms with E-state index in [0.29, 0.717) is 13.2 Å². The summed E-state index contributed by atoms with van der Waals surface area (Å²) in [4.78, 5) is 12.1. The molecule has 0 atom stereocenters. The van der Waals surface area contributed by atoms with Crippen molar-refractivity contribution < 1.29 is 4.74 Å².